The maximum atomic E-state index is 12.9. The minimum absolute atomic E-state index is 0.0213. The summed E-state index contributed by atoms with van der Waals surface area (Å²) in [4.78, 5) is 15.0. The van der Waals surface area contributed by atoms with Crippen LogP contribution in [0.15, 0.2) is 29.3 Å². The number of carbonyl (C=O) groups excluding carboxylic acids is 1. The van der Waals surface area contributed by atoms with Crippen molar-refractivity contribution in [2.24, 2.45) is 10.7 Å². The first kappa shape index (κ1) is 9.45. The summed E-state index contributed by atoms with van der Waals surface area (Å²) in [6, 6.07) is 5.38. The lowest BCUT2D eigenvalue weighted by atomic mass is 10.1. The van der Waals surface area contributed by atoms with E-state index in [-0.39, 0.29) is 11.8 Å². The Bertz CT molecular complexity index is 432. The molecule has 78 valence electrons. The first-order chi connectivity index (χ1) is 7.15. The number of guanidine groups is 1. The van der Waals surface area contributed by atoms with Crippen LogP contribution in [0.4, 0.5) is 9.18 Å². The topological polar surface area (TPSA) is 79.5 Å². The minimum Gasteiger partial charge on any atom is -0.370 e. The number of urea groups is 1. The number of hydrogen-bond acceptors (Lipinski definition) is 3. The van der Waals surface area contributed by atoms with Crippen molar-refractivity contribution in [1.82, 2.24) is 10.6 Å². The van der Waals surface area contributed by atoms with Gasteiger partial charge in [0.1, 0.15) is 5.82 Å². The van der Waals surface area contributed by atoms with Crippen LogP contribution >= 0.6 is 0 Å². The van der Waals surface area contributed by atoms with Crippen molar-refractivity contribution in [3.63, 3.8) is 0 Å². The lowest BCUT2D eigenvalue weighted by Gasteiger charge is -2.20. The summed E-state index contributed by atoms with van der Waals surface area (Å²) in [7, 11) is 0. The molecule has 0 spiro atoms. The quantitative estimate of drug-likeness (QED) is 0.626. The predicted molar refractivity (Wildman–Crippen MR) is 52.4 cm³/mol. The largest absolute Gasteiger partial charge is 0.370 e. The summed E-state index contributed by atoms with van der Waals surface area (Å²) in [5.41, 5.74) is 5.92. The molecule has 0 saturated carbocycles. The number of nitrogens with one attached hydrogen (secondary N) is 2. The van der Waals surface area contributed by atoms with Crippen LogP contribution < -0.4 is 16.4 Å². The van der Waals surface area contributed by atoms with E-state index in [4.69, 9.17) is 5.73 Å². The molecule has 2 amide bonds. The summed E-state index contributed by atoms with van der Waals surface area (Å²) in [6.45, 7) is 0. The molecule has 0 aromatic heterocycles. The number of amides is 2. The second-order valence-electron chi connectivity index (χ2n) is 3.07. The third-order valence-corrected chi connectivity index (χ3v) is 1.94. The van der Waals surface area contributed by atoms with E-state index in [1.807, 2.05) is 0 Å². The normalized spacial score (nSPS) is 20.2. The van der Waals surface area contributed by atoms with Crippen molar-refractivity contribution in [1.29, 1.82) is 0 Å². The smallest absolute Gasteiger partial charge is 0.323 e. The molecule has 0 fully saturated rings. The standard InChI is InChI=1S/C9H9FN4O/c10-6-3-1-2-5(4-6)7-12-8(11)14-9(15)13-7/h1-4,7H,(H4,11,12,13,14,15). The van der Waals surface area contributed by atoms with Crippen molar-refractivity contribution in [2.45, 2.75) is 6.17 Å². The summed E-state index contributed by atoms with van der Waals surface area (Å²) < 4.78 is 12.9. The Morgan fingerprint density at radius 1 is 1.47 bits per heavy atom. The molecule has 15 heavy (non-hydrogen) atoms. The third kappa shape index (κ3) is 2.04. The minimum atomic E-state index is -0.630. The van der Waals surface area contributed by atoms with Crippen LogP contribution in [0.1, 0.15) is 11.7 Å². The van der Waals surface area contributed by atoms with Crippen LogP contribution in [-0.4, -0.2) is 12.0 Å². The fourth-order valence-electron chi connectivity index (χ4n) is 1.31. The van der Waals surface area contributed by atoms with Gasteiger partial charge in [-0.05, 0) is 17.7 Å². The molecule has 1 atom stereocenters. The zero-order valence-corrected chi connectivity index (χ0v) is 7.70. The summed E-state index contributed by atoms with van der Waals surface area (Å²) >= 11 is 0. The van der Waals surface area contributed by atoms with Crippen LogP contribution in [0.25, 0.3) is 0 Å². The Balaban J connectivity index is 2.31. The molecule has 1 aromatic rings. The van der Waals surface area contributed by atoms with E-state index in [1.165, 1.54) is 12.1 Å². The first-order valence-corrected chi connectivity index (χ1v) is 4.31. The Morgan fingerprint density at radius 3 is 2.93 bits per heavy atom. The van der Waals surface area contributed by atoms with E-state index < -0.39 is 12.2 Å². The Kier molecular flexibility index (Phi) is 2.24. The van der Waals surface area contributed by atoms with E-state index in [0.29, 0.717) is 5.56 Å². The highest BCUT2D eigenvalue weighted by atomic mass is 19.1. The molecule has 5 nitrogen and oxygen atoms in total. The molecule has 1 unspecified atom stereocenters. The first-order valence-electron chi connectivity index (χ1n) is 4.31. The number of hydrogen-bond donors (Lipinski definition) is 3. The summed E-state index contributed by atoms with van der Waals surface area (Å²) in [5.74, 6) is -0.359. The van der Waals surface area contributed by atoms with Crippen molar-refractivity contribution >= 4 is 12.0 Å². The third-order valence-electron chi connectivity index (χ3n) is 1.94. The molecular weight excluding hydrogens is 199 g/mol. The van der Waals surface area contributed by atoms with Gasteiger partial charge in [-0.2, -0.15) is 0 Å². The molecule has 1 heterocycles. The van der Waals surface area contributed by atoms with Gasteiger partial charge in [0.15, 0.2) is 12.1 Å². The van der Waals surface area contributed by atoms with Crippen LogP contribution in [-0.2, 0) is 0 Å². The van der Waals surface area contributed by atoms with Gasteiger partial charge in [-0.1, -0.05) is 12.1 Å². The van der Waals surface area contributed by atoms with E-state index in [2.05, 4.69) is 15.6 Å². The molecule has 6 heteroatoms. The highest BCUT2D eigenvalue weighted by molar-refractivity contribution is 5.97. The second-order valence-corrected chi connectivity index (χ2v) is 3.07. The predicted octanol–water partition coefficient (Wildman–Crippen LogP) is 0.452. The number of aliphatic imine (C=N–C) groups is 1. The number of halogens is 1. The summed E-state index contributed by atoms with van der Waals surface area (Å²) in [5, 5.41) is 4.78. The van der Waals surface area contributed by atoms with E-state index in [0.717, 1.165) is 0 Å². The number of rotatable bonds is 1. The van der Waals surface area contributed by atoms with Crippen molar-refractivity contribution in [2.75, 3.05) is 0 Å². The molecule has 1 aromatic carbocycles. The average molecular weight is 208 g/mol. The van der Waals surface area contributed by atoms with Crippen LogP contribution in [0, 0.1) is 5.82 Å². The zero-order chi connectivity index (χ0) is 10.8. The van der Waals surface area contributed by atoms with Gasteiger partial charge in [0.2, 0.25) is 0 Å². The maximum Gasteiger partial charge on any atom is 0.323 e. The highest BCUT2D eigenvalue weighted by Gasteiger charge is 2.19. The van der Waals surface area contributed by atoms with Crippen LogP contribution in [0.3, 0.4) is 0 Å². The van der Waals surface area contributed by atoms with Gasteiger partial charge < -0.3 is 11.1 Å². The molecule has 0 saturated heterocycles. The summed E-state index contributed by atoms with van der Waals surface area (Å²) in [6.07, 6.45) is -0.630. The zero-order valence-electron chi connectivity index (χ0n) is 7.70. The highest BCUT2D eigenvalue weighted by Crippen LogP contribution is 2.16. The molecule has 1 aliphatic rings. The van der Waals surface area contributed by atoms with Crippen molar-refractivity contribution < 1.29 is 9.18 Å². The maximum absolute atomic E-state index is 12.9. The molecule has 2 rings (SSSR count). The van der Waals surface area contributed by atoms with Gasteiger partial charge >= 0.3 is 6.03 Å². The molecule has 0 radical (unpaired) electrons. The van der Waals surface area contributed by atoms with Gasteiger partial charge in [0.25, 0.3) is 0 Å². The Labute approximate surface area is 85.2 Å². The van der Waals surface area contributed by atoms with Crippen molar-refractivity contribution in [3.8, 4) is 0 Å². The lowest BCUT2D eigenvalue weighted by Crippen LogP contribution is -2.49. The van der Waals surface area contributed by atoms with Crippen LogP contribution in [0.2, 0.25) is 0 Å². The fraction of sp³-hybridized carbons (Fsp3) is 0.111. The van der Waals surface area contributed by atoms with Gasteiger partial charge in [0.05, 0.1) is 0 Å². The molecular formula is C9H9FN4O. The lowest BCUT2D eigenvalue weighted by molar-refractivity contribution is 0.240. The van der Waals surface area contributed by atoms with Gasteiger partial charge in [-0.3, -0.25) is 5.32 Å². The molecule has 4 N–H and O–H groups in total. The Morgan fingerprint density at radius 2 is 2.27 bits per heavy atom. The van der Waals surface area contributed by atoms with E-state index in [1.54, 1.807) is 12.1 Å². The Hall–Kier alpha value is -2.11. The van der Waals surface area contributed by atoms with E-state index in [9.17, 15) is 9.18 Å². The number of carbonyl (C=O) groups is 1. The van der Waals surface area contributed by atoms with Crippen LogP contribution in [0.5, 0.6) is 0 Å². The second kappa shape index (κ2) is 3.56. The van der Waals surface area contributed by atoms with Gasteiger partial charge in [0, 0.05) is 0 Å². The van der Waals surface area contributed by atoms with Gasteiger partial charge in [-0.15, -0.1) is 0 Å². The molecule has 1 aliphatic heterocycles. The number of nitrogens with two attached hydrogens (primary N) is 1. The SMILES string of the molecule is NC1=NC(c2cccc(F)c2)NC(=O)N1. The molecule has 0 aliphatic carbocycles. The van der Waals surface area contributed by atoms with E-state index >= 15 is 0 Å². The molecule has 0 bridgehead atoms. The number of nitrogens with zero attached hydrogens (tertiary/aromatic N) is 1. The number of benzene rings is 1. The van der Waals surface area contributed by atoms with Crippen molar-refractivity contribution in [3.05, 3.63) is 35.6 Å². The monoisotopic (exact) mass is 208 g/mol. The average Bonchev–Trinajstić information content (AvgIpc) is 2.16. The fourth-order valence-corrected chi connectivity index (χ4v) is 1.31. The van der Waals surface area contributed by atoms with Gasteiger partial charge in [-0.25, -0.2) is 14.2 Å².